The highest BCUT2D eigenvalue weighted by Gasteiger charge is 2.74. The number of methoxy groups -OCH3 is 1. The van der Waals surface area contributed by atoms with E-state index >= 15 is 0 Å². The molecule has 0 aromatic heterocycles. The number of rotatable bonds is 8. The molecule has 0 aliphatic carbocycles. The van der Waals surface area contributed by atoms with Crippen LogP contribution in [0, 0.1) is 10.5 Å². The maximum Gasteiger partial charge on any atom is 0.430 e. The molecule has 0 atom stereocenters. The highest BCUT2D eigenvalue weighted by molar-refractivity contribution is 14.1. The topological polar surface area (TPSA) is 27.7 Å². The first-order valence-electron chi connectivity index (χ1n) is 9.21. The predicted molar refractivity (Wildman–Crippen MR) is 111 cm³/mol. The third-order valence-corrected chi connectivity index (χ3v) is 5.77. The summed E-state index contributed by atoms with van der Waals surface area (Å²) in [6.45, 7) is 2.26. The Morgan fingerprint density at radius 2 is 1.61 bits per heavy atom. The van der Waals surface area contributed by atoms with Gasteiger partial charge in [-0.05, 0) is 65.8 Å². The quantitative estimate of drug-likeness (QED) is 0.192. The summed E-state index contributed by atoms with van der Waals surface area (Å²) < 4.78 is 99.6. The van der Waals surface area contributed by atoms with Crippen molar-refractivity contribution in [2.24, 2.45) is 0 Å². The molecule has 172 valence electrons. The lowest BCUT2D eigenvalue weighted by atomic mass is 9.86. The van der Waals surface area contributed by atoms with Crippen molar-refractivity contribution in [2.45, 2.75) is 44.6 Å². The Morgan fingerprint density at radius 3 is 2.13 bits per heavy atom. The molecular formula is C21H21F6IO3. The molecule has 2 aromatic rings. The summed E-state index contributed by atoms with van der Waals surface area (Å²) in [5.41, 5.74) is -5.00. The molecule has 2 rings (SSSR count). The predicted octanol–water partition coefficient (Wildman–Crippen LogP) is 7.28. The van der Waals surface area contributed by atoms with E-state index in [2.05, 4.69) is 32.1 Å². The lowest BCUT2D eigenvalue weighted by molar-refractivity contribution is -0.400. The molecule has 10 heteroatoms. The standard InChI is InChI=1S/C21H21F6IO3/c1-4-6-15-16(19(20(22,23)24,21(25,26)27)30-12-29-3)7-5-8-18(15)31-14-9-10-17(28)13(2)11-14/h5,7-11H,4,6,12H2,1-3H3. The third-order valence-electron chi connectivity index (χ3n) is 4.56. The maximum absolute atomic E-state index is 14.0. The van der Waals surface area contributed by atoms with Crippen molar-refractivity contribution in [3.63, 3.8) is 0 Å². The highest BCUT2D eigenvalue weighted by atomic mass is 127. The number of hydrogen-bond acceptors (Lipinski definition) is 3. The summed E-state index contributed by atoms with van der Waals surface area (Å²) in [6.07, 6.45) is -11.4. The van der Waals surface area contributed by atoms with Crippen molar-refractivity contribution < 1.29 is 40.6 Å². The van der Waals surface area contributed by atoms with Gasteiger partial charge in [-0.2, -0.15) is 26.3 Å². The van der Waals surface area contributed by atoms with Crippen molar-refractivity contribution in [1.82, 2.24) is 0 Å². The second-order valence-corrected chi connectivity index (χ2v) is 7.94. The van der Waals surface area contributed by atoms with Crippen LogP contribution in [0.1, 0.15) is 30.0 Å². The van der Waals surface area contributed by atoms with Crippen molar-refractivity contribution in [3.8, 4) is 11.5 Å². The highest BCUT2D eigenvalue weighted by Crippen LogP contribution is 2.55. The van der Waals surface area contributed by atoms with E-state index in [1.165, 1.54) is 6.07 Å². The summed E-state index contributed by atoms with van der Waals surface area (Å²) in [5.74, 6) is 0.202. The number of benzene rings is 2. The smallest absolute Gasteiger partial charge is 0.430 e. The molecule has 0 N–H and O–H groups in total. The van der Waals surface area contributed by atoms with Crippen LogP contribution in [0.5, 0.6) is 11.5 Å². The van der Waals surface area contributed by atoms with Gasteiger partial charge >= 0.3 is 12.4 Å². The average Bonchev–Trinajstić information content (AvgIpc) is 2.65. The van der Waals surface area contributed by atoms with Gasteiger partial charge in [0.15, 0.2) is 0 Å². The van der Waals surface area contributed by atoms with Gasteiger partial charge in [-0.15, -0.1) is 0 Å². The van der Waals surface area contributed by atoms with E-state index < -0.39 is 30.3 Å². The van der Waals surface area contributed by atoms with Crippen LogP contribution in [0.3, 0.4) is 0 Å². The molecule has 2 aromatic carbocycles. The van der Waals surface area contributed by atoms with Crippen LogP contribution in [0.2, 0.25) is 0 Å². The molecule has 3 nitrogen and oxygen atoms in total. The van der Waals surface area contributed by atoms with E-state index in [1.807, 2.05) is 6.92 Å². The largest absolute Gasteiger partial charge is 0.457 e. The fourth-order valence-corrected chi connectivity index (χ4v) is 3.50. The number of alkyl halides is 6. The van der Waals surface area contributed by atoms with Gasteiger partial charge < -0.3 is 14.2 Å². The van der Waals surface area contributed by atoms with Gasteiger partial charge in [0.05, 0.1) is 0 Å². The SMILES string of the molecule is CCCc1c(Oc2ccc(I)c(C)c2)cccc1C(OCOC)(C(F)(F)F)C(F)(F)F. The second-order valence-electron chi connectivity index (χ2n) is 6.77. The van der Waals surface area contributed by atoms with E-state index in [4.69, 9.17) is 4.74 Å². The van der Waals surface area contributed by atoms with Crippen molar-refractivity contribution in [3.05, 3.63) is 56.7 Å². The first-order chi connectivity index (χ1) is 14.4. The summed E-state index contributed by atoms with van der Waals surface area (Å²) in [4.78, 5) is 0. The van der Waals surface area contributed by atoms with E-state index in [1.54, 1.807) is 25.1 Å². The zero-order valence-corrected chi connectivity index (χ0v) is 19.1. The number of ether oxygens (including phenoxy) is 3. The Bertz CT molecular complexity index is 882. The molecule has 0 saturated heterocycles. The molecule has 0 saturated carbocycles. The van der Waals surface area contributed by atoms with Crippen LogP contribution in [-0.2, 0) is 21.5 Å². The lowest BCUT2D eigenvalue weighted by Crippen LogP contribution is -2.56. The van der Waals surface area contributed by atoms with Gasteiger partial charge in [0, 0.05) is 21.8 Å². The van der Waals surface area contributed by atoms with Crippen LogP contribution < -0.4 is 4.74 Å². The minimum atomic E-state index is -5.80. The fourth-order valence-electron chi connectivity index (χ4n) is 3.16. The Kier molecular flexibility index (Phi) is 8.26. The van der Waals surface area contributed by atoms with Crippen LogP contribution in [-0.4, -0.2) is 26.3 Å². The zero-order chi connectivity index (χ0) is 23.4. The summed E-state index contributed by atoms with van der Waals surface area (Å²) >= 11 is 2.10. The van der Waals surface area contributed by atoms with Gasteiger partial charge in [-0.25, -0.2) is 0 Å². The lowest BCUT2D eigenvalue weighted by Gasteiger charge is -2.38. The van der Waals surface area contributed by atoms with Gasteiger partial charge in [-0.3, -0.25) is 0 Å². The minimum Gasteiger partial charge on any atom is -0.457 e. The van der Waals surface area contributed by atoms with E-state index in [9.17, 15) is 26.3 Å². The van der Waals surface area contributed by atoms with Crippen molar-refractivity contribution >= 4 is 22.6 Å². The Morgan fingerprint density at radius 1 is 0.968 bits per heavy atom. The first-order valence-corrected chi connectivity index (χ1v) is 10.3. The first kappa shape index (κ1) is 25.7. The summed E-state index contributed by atoms with van der Waals surface area (Å²) in [7, 11) is 0.948. The molecule has 31 heavy (non-hydrogen) atoms. The van der Waals surface area contributed by atoms with Crippen LogP contribution >= 0.6 is 22.6 Å². The van der Waals surface area contributed by atoms with Crippen LogP contribution in [0.15, 0.2) is 36.4 Å². The summed E-state index contributed by atoms with van der Waals surface area (Å²) in [6, 6.07) is 8.20. The van der Waals surface area contributed by atoms with Gasteiger partial charge in [0.1, 0.15) is 18.3 Å². The van der Waals surface area contributed by atoms with E-state index in [0.29, 0.717) is 5.75 Å². The Hall–Kier alpha value is -1.53. The fraction of sp³-hybridized carbons (Fsp3) is 0.429. The molecule has 0 amide bonds. The molecule has 0 fully saturated rings. The number of hydrogen-bond donors (Lipinski definition) is 0. The third kappa shape index (κ3) is 5.28. The molecular weight excluding hydrogens is 541 g/mol. The number of aryl methyl sites for hydroxylation is 1. The maximum atomic E-state index is 14.0. The monoisotopic (exact) mass is 562 g/mol. The van der Waals surface area contributed by atoms with Crippen LogP contribution in [0.4, 0.5) is 26.3 Å². The van der Waals surface area contributed by atoms with Crippen molar-refractivity contribution in [2.75, 3.05) is 13.9 Å². The normalized spacial score (nSPS) is 12.8. The molecule has 0 aliphatic rings. The minimum absolute atomic E-state index is 0.0842. The second kappa shape index (κ2) is 9.95. The molecule has 0 radical (unpaired) electrons. The summed E-state index contributed by atoms with van der Waals surface area (Å²) in [5, 5.41) is 0. The van der Waals surface area contributed by atoms with E-state index in [0.717, 1.165) is 28.4 Å². The molecule has 0 heterocycles. The molecule has 0 aliphatic heterocycles. The van der Waals surface area contributed by atoms with Crippen LogP contribution in [0.25, 0.3) is 0 Å². The van der Waals surface area contributed by atoms with Crippen molar-refractivity contribution in [1.29, 1.82) is 0 Å². The van der Waals surface area contributed by atoms with Gasteiger partial charge in [-0.1, -0.05) is 25.5 Å². The van der Waals surface area contributed by atoms with E-state index in [-0.39, 0.29) is 24.2 Å². The Balaban J connectivity index is 2.74. The average molecular weight is 562 g/mol. The molecule has 0 bridgehead atoms. The molecule has 0 unspecified atom stereocenters. The molecule has 0 spiro atoms. The Labute approximate surface area is 189 Å². The van der Waals surface area contributed by atoms with Gasteiger partial charge in [0.2, 0.25) is 0 Å². The number of halogens is 7. The van der Waals surface area contributed by atoms with Gasteiger partial charge in [0.25, 0.3) is 5.60 Å². The zero-order valence-electron chi connectivity index (χ0n) is 17.0.